The molecule has 2 atom stereocenters. The Labute approximate surface area is 105 Å². The molecule has 0 aromatic carbocycles. The molecule has 1 rings (SSSR count). The summed E-state index contributed by atoms with van der Waals surface area (Å²) in [4.78, 5) is 22.3. The standard InChI is InChI=1S/C12H18N2O4/c1-6(11-7(2)14-18-9(11)4)5-10(15)13-8(3)12(16)17/h6,8H,5H2,1-4H3,(H,13,15)(H,16,17)/t6?,8-/m1/s1. The van der Waals surface area contributed by atoms with Crippen LogP contribution in [0.15, 0.2) is 4.52 Å². The van der Waals surface area contributed by atoms with Gasteiger partial charge < -0.3 is 14.9 Å². The molecule has 1 heterocycles. The number of carboxylic acids is 1. The lowest BCUT2D eigenvalue weighted by Gasteiger charge is -2.13. The number of hydrogen-bond donors (Lipinski definition) is 2. The van der Waals surface area contributed by atoms with E-state index >= 15 is 0 Å². The summed E-state index contributed by atoms with van der Waals surface area (Å²) in [5, 5.41) is 15.0. The highest BCUT2D eigenvalue weighted by atomic mass is 16.5. The van der Waals surface area contributed by atoms with Crippen LogP contribution in [0.4, 0.5) is 0 Å². The number of amides is 1. The highest BCUT2D eigenvalue weighted by Crippen LogP contribution is 2.25. The summed E-state index contributed by atoms with van der Waals surface area (Å²) >= 11 is 0. The number of hydrogen-bond acceptors (Lipinski definition) is 4. The first-order valence-electron chi connectivity index (χ1n) is 5.77. The average molecular weight is 254 g/mol. The molecule has 0 aliphatic rings. The first kappa shape index (κ1) is 14.2. The van der Waals surface area contributed by atoms with Crippen molar-refractivity contribution in [3.05, 3.63) is 17.0 Å². The van der Waals surface area contributed by atoms with Gasteiger partial charge in [0.1, 0.15) is 11.8 Å². The van der Waals surface area contributed by atoms with Crippen molar-refractivity contribution in [1.82, 2.24) is 10.5 Å². The van der Waals surface area contributed by atoms with Crippen molar-refractivity contribution < 1.29 is 19.2 Å². The van der Waals surface area contributed by atoms with E-state index in [0.29, 0.717) is 5.76 Å². The Morgan fingerprint density at radius 1 is 1.39 bits per heavy atom. The monoisotopic (exact) mass is 254 g/mol. The van der Waals surface area contributed by atoms with Gasteiger partial charge in [-0.1, -0.05) is 12.1 Å². The molecule has 1 aromatic rings. The summed E-state index contributed by atoms with van der Waals surface area (Å²) in [6.07, 6.45) is 0.209. The van der Waals surface area contributed by atoms with Gasteiger partial charge in [-0.25, -0.2) is 0 Å². The number of aryl methyl sites for hydroxylation is 2. The molecule has 0 aliphatic heterocycles. The van der Waals surface area contributed by atoms with Crippen molar-refractivity contribution in [3.63, 3.8) is 0 Å². The van der Waals surface area contributed by atoms with Crippen LogP contribution in [0.2, 0.25) is 0 Å². The Morgan fingerprint density at radius 2 is 2.00 bits per heavy atom. The summed E-state index contributed by atoms with van der Waals surface area (Å²) in [6.45, 7) is 6.93. The predicted octanol–water partition coefficient (Wildman–Crippen LogP) is 1.37. The van der Waals surface area contributed by atoms with Crippen molar-refractivity contribution in [2.75, 3.05) is 0 Å². The van der Waals surface area contributed by atoms with Crippen molar-refractivity contribution in [3.8, 4) is 0 Å². The Balaban J connectivity index is 2.63. The maximum absolute atomic E-state index is 11.7. The van der Waals surface area contributed by atoms with Crippen molar-refractivity contribution in [1.29, 1.82) is 0 Å². The number of nitrogens with one attached hydrogen (secondary N) is 1. The van der Waals surface area contributed by atoms with E-state index in [2.05, 4.69) is 10.5 Å². The zero-order valence-corrected chi connectivity index (χ0v) is 11.0. The van der Waals surface area contributed by atoms with E-state index in [0.717, 1.165) is 11.3 Å². The van der Waals surface area contributed by atoms with Gasteiger partial charge in [0, 0.05) is 12.0 Å². The van der Waals surface area contributed by atoms with E-state index in [1.54, 1.807) is 6.92 Å². The fourth-order valence-corrected chi connectivity index (χ4v) is 1.94. The molecule has 0 fully saturated rings. The Hall–Kier alpha value is -1.85. The molecule has 0 saturated carbocycles. The maximum atomic E-state index is 11.7. The van der Waals surface area contributed by atoms with E-state index in [4.69, 9.17) is 9.63 Å². The summed E-state index contributed by atoms with van der Waals surface area (Å²) in [5.74, 6) is -0.706. The number of carbonyl (C=O) groups is 2. The van der Waals surface area contributed by atoms with Gasteiger partial charge in [-0.15, -0.1) is 0 Å². The fraction of sp³-hybridized carbons (Fsp3) is 0.583. The lowest BCUT2D eigenvalue weighted by Crippen LogP contribution is -2.38. The fourth-order valence-electron chi connectivity index (χ4n) is 1.94. The van der Waals surface area contributed by atoms with Gasteiger partial charge in [-0.05, 0) is 26.7 Å². The van der Waals surface area contributed by atoms with Crippen LogP contribution in [0.5, 0.6) is 0 Å². The second-order valence-corrected chi connectivity index (χ2v) is 4.47. The first-order valence-corrected chi connectivity index (χ1v) is 5.77. The zero-order chi connectivity index (χ0) is 13.9. The normalized spacial score (nSPS) is 14.0. The SMILES string of the molecule is Cc1noc(C)c1C(C)CC(=O)N[C@H](C)C(=O)O. The quantitative estimate of drug-likeness (QED) is 0.828. The van der Waals surface area contributed by atoms with Gasteiger partial charge in [-0.2, -0.15) is 0 Å². The third-order valence-electron chi connectivity index (χ3n) is 2.82. The molecular formula is C12H18N2O4. The molecule has 1 aromatic heterocycles. The summed E-state index contributed by atoms with van der Waals surface area (Å²) in [5.41, 5.74) is 1.67. The molecule has 0 spiro atoms. The summed E-state index contributed by atoms with van der Waals surface area (Å²) in [6, 6.07) is -0.880. The summed E-state index contributed by atoms with van der Waals surface area (Å²) < 4.78 is 5.04. The molecule has 6 heteroatoms. The third kappa shape index (κ3) is 3.32. The minimum absolute atomic E-state index is 0.0581. The van der Waals surface area contributed by atoms with Crippen molar-refractivity contribution in [2.45, 2.75) is 46.1 Å². The second kappa shape index (κ2) is 5.66. The highest BCUT2D eigenvalue weighted by molar-refractivity contribution is 5.83. The van der Waals surface area contributed by atoms with Gasteiger partial charge in [0.2, 0.25) is 5.91 Å². The number of carbonyl (C=O) groups excluding carboxylic acids is 1. The van der Waals surface area contributed by atoms with E-state index in [9.17, 15) is 9.59 Å². The molecule has 0 aliphatic carbocycles. The number of aromatic nitrogens is 1. The van der Waals surface area contributed by atoms with Gasteiger partial charge in [0.25, 0.3) is 0 Å². The smallest absolute Gasteiger partial charge is 0.325 e. The van der Waals surface area contributed by atoms with Crippen LogP contribution in [-0.2, 0) is 9.59 Å². The number of aliphatic carboxylic acids is 1. The minimum atomic E-state index is -1.05. The van der Waals surface area contributed by atoms with E-state index < -0.39 is 12.0 Å². The molecule has 1 amide bonds. The van der Waals surface area contributed by atoms with Gasteiger partial charge >= 0.3 is 5.97 Å². The Bertz CT molecular complexity index is 433. The topological polar surface area (TPSA) is 92.4 Å². The molecule has 0 saturated heterocycles. The molecule has 0 radical (unpaired) electrons. The van der Waals surface area contributed by atoms with E-state index in [1.165, 1.54) is 6.92 Å². The van der Waals surface area contributed by atoms with E-state index in [1.807, 2.05) is 13.8 Å². The second-order valence-electron chi connectivity index (χ2n) is 4.47. The molecular weight excluding hydrogens is 236 g/mol. The van der Waals surface area contributed by atoms with Crippen LogP contribution in [0.3, 0.4) is 0 Å². The van der Waals surface area contributed by atoms with Crippen molar-refractivity contribution in [2.24, 2.45) is 0 Å². The maximum Gasteiger partial charge on any atom is 0.325 e. The molecule has 100 valence electrons. The van der Waals surface area contributed by atoms with Crippen LogP contribution in [0.1, 0.15) is 43.2 Å². The van der Waals surface area contributed by atoms with Crippen LogP contribution in [0.25, 0.3) is 0 Å². The van der Waals surface area contributed by atoms with Crippen molar-refractivity contribution >= 4 is 11.9 Å². The average Bonchev–Trinajstić information content (AvgIpc) is 2.57. The van der Waals surface area contributed by atoms with Crippen LogP contribution < -0.4 is 5.32 Å². The predicted molar refractivity (Wildman–Crippen MR) is 64.2 cm³/mol. The minimum Gasteiger partial charge on any atom is -0.480 e. The Morgan fingerprint density at radius 3 is 2.44 bits per heavy atom. The highest BCUT2D eigenvalue weighted by Gasteiger charge is 2.21. The molecule has 0 bridgehead atoms. The molecule has 18 heavy (non-hydrogen) atoms. The zero-order valence-electron chi connectivity index (χ0n) is 11.0. The molecule has 2 N–H and O–H groups in total. The number of carboxylic acid groups (broad SMARTS) is 1. The third-order valence-corrected chi connectivity index (χ3v) is 2.82. The number of rotatable bonds is 5. The Kier molecular flexibility index (Phi) is 4.47. The largest absolute Gasteiger partial charge is 0.480 e. The lowest BCUT2D eigenvalue weighted by atomic mass is 9.96. The van der Waals surface area contributed by atoms with E-state index in [-0.39, 0.29) is 18.2 Å². The first-order chi connectivity index (χ1) is 8.32. The van der Waals surface area contributed by atoms with Crippen LogP contribution >= 0.6 is 0 Å². The van der Waals surface area contributed by atoms with Crippen LogP contribution in [-0.4, -0.2) is 28.2 Å². The summed E-state index contributed by atoms with van der Waals surface area (Å²) in [7, 11) is 0. The van der Waals surface area contributed by atoms with Gasteiger partial charge in [0.15, 0.2) is 0 Å². The van der Waals surface area contributed by atoms with Gasteiger partial charge in [0.05, 0.1) is 5.69 Å². The van der Waals surface area contributed by atoms with Crippen LogP contribution in [0, 0.1) is 13.8 Å². The lowest BCUT2D eigenvalue weighted by molar-refractivity contribution is -0.141. The van der Waals surface area contributed by atoms with Gasteiger partial charge in [-0.3, -0.25) is 9.59 Å². The molecule has 1 unspecified atom stereocenters. The molecule has 6 nitrogen and oxygen atoms in total. The number of nitrogens with zero attached hydrogens (tertiary/aromatic N) is 1.